The van der Waals surface area contributed by atoms with E-state index in [4.69, 9.17) is 0 Å². The second kappa shape index (κ2) is 6.06. The molecule has 1 aromatic heterocycles. The van der Waals surface area contributed by atoms with Crippen molar-refractivity contribution in [3.8, 4) is 0 Å². The highest BCUT2D eigenvalue weighted by atomic mass is 32.2. The molecule has 3 aromatic rings. The van der Waals surface area contributed by atoms with E-state index in [1.54, 1.807) is 54.6 Å². The number of benzene rings is 2. The van der Waals surface area contributed by atoms with Crippen molar-refractivity contribution in [1.29, 1.82) is 0 Å². The maximum atomic E-state index is 10.9. The quantitative estimate of drug-likeness (QED) is 0.566. The number of nitrogens with one attached hydrogen (secondary N) is 1. The Bertz CT molecular complexity index is 829. The number of para-hydroxylation sites is 3. The van der Waals surface area contributed by atoms with E-state index in [2.05, 4.69) is 14.7 Å². The minimum Gasteiger partial charge on any atom is -0.755 e. The molecular weight excluding hydrogens is 304 g/mol. The zero-order valence-corrected chi connectivity index (χ0v) is 12.0. The van der Waals surface area contributed by atoms with Crippen LogP contribution in [0.25, 0.3) is 11.0 Å². The van der Waals surface area contributed by atoms with Crippen molar-refractivity contribution in [3.05, 3.63) is 54.6 Å². The minimum absolute atomic E-state index is 0.00546. The van der Waals surface area contributed by atoms with Crippen molar-refractivity contribution in [2.24, 2.45) is 0 Å². The maximum Gasteiger partial charge on any atom is 0.202 e. The lowest BCUT2D eigenvalue weighted by Crippen LogP contribution is -2.17. The van der Waals surface area contributed by atoms with Crippen molar-refractivity contribution >= 4 is 39.6 Å². The molecule has 22 heavy (non-hydrogen) atoms. The molecule has 0 fully saturated rings. The lowest BCUT2D eigenvalue weighted by atomic mass is 10.3. The fourth-order valence-electron chi connectivity index (χ4n) is 1.98. The molecule has 0 amide bonds. The molecule has 0 spiro atoms. The van der Waals surface area contributed by atoms with Crippen molar-refractivity contribution in [2.75, 3.05) is 9.79 Å². The van der Waals surface area contributed by atoms with Crippen LogP contribution in [0, 0.1) is 0 Å². The van der Waals surface area contributed by atoms with Gasteiger partial charge in [-0.25, -0.2) is 15.0 Å². The molecule has 1 atom stereocenters. The highest BCUT2D eigenvalue weighted by molar-refractivity contribution is 7.80. The third-order valence-corrected chi connectivity index (χ3v) is 3.29. The molecule has 0 aliphatic carbocycles. The summed E-state index contributed by atoms with van der Waals surface area (Å²) >= 11 is -2.58. The molecule has 7 nitrogen and oxygen atoms in total. The zero-order valence-electron chi connectivity index (χ0n) is 11.2. The molecule has 2 N–H and O–H groups in total. The third kappa shape index (κ3) is 2.89. The standard InChI is InChI=1S/C14H12N4O3S/c19-18(10-6-2-1-3-7-10)14-13(17-22(20)21)15-11-8-4-5-9-12(11)16-14/h1-9,19H,(H,15,17)(H,20,21)/p-1. The lowest BCUT2D eigenvalue weighted by Gasteiger charge is -2.20. The van der Waals surface area contributed by atoms with E-state index in [1.807, 2.05) is 0 Å². The largest absolute Gasteiger partial charge is 0.755 e. The summed E-state index contributed by atoms with van der Waals surface area (Å²) in [6, 6.07) is 15.6. The topological polar surface area (TPSA) is 101 Å². The molecule has 8 heteroatoms. The van der Waals surface area contributed by atoms with Gasteiger partial charge in [-0.2, -0.15) is 0 Å². The summed E-state index contributed by atoms with van der Waals surface area (Å²) in [5.41, 5.74) is 1.49. The molecule has 0 radical (unpaired) electrons. The van der Waals surface area contributed by atoms with Gasteiger partial charge in [-0.05, 0) is 24.3 Å². The Balaban J connectivity index is 2.15. The normalized spacial score (nSPS) is 12.1. The molecule has 112 valence electrons. The molecule has 0 saturated carbocycles. The summed E-state index contributed by atoms with van der Waals surface area (Å²) < 4.78 is 24.0. The Kier molecular flexibility index (Phi) is 3.96. The van der Waals surface area contributed by atoms with Gasteiger partial charge in [0.15, 0.2) is 5.82 Å². The van der Waals surface area contributed by atoms with Crippen LogP contribution in [-0.4, -0.2) is 23.9 Å². The average molecular weight is 315 g/mol. The summed E-state index contributed by atoms with van der Waals surface area (Å²) in [6.45, 7) is 0. The average Bonchev–Trinajstić information content (AvgIpc) is 2.54. The summed E-state index contributed by atoms with van der Waals surface area (Å²) in [4.78, 5) is 8.48. The number of fused-ring (bicyclic) bond motifs is 1. The van der Waals surface area contributed by atoms with Crippen LogP contribution in [0.1, 0.15) is 0 Å². The minimum atomic E-state index is -2.58. The van der Waals surface area contributed by atoms with Crippen LogP contribution < -0.4 is 9.79 Å². The number of hydrogen-bond acceptors (Lipinski definition) is 6. The molecule has 0 aliphatic rings. The van der Waals surface area contributed by atoms with Crippen molar-refractivity contribution in [2.45, 2.75) is 0 Å². The predicted molar refractivity (Wildman–Crippen MR) is 82.4 cm³/mol. The highest BCUT2D eigenvalue weighted by Crippen LogP contribution is 2.29. The van der Waals surface area contributed by atoms with Crippen molar-refractivity contribution < 1.29 is 14.0 Å². The third-order valence-electron chi connectivity index (χ3n) is 2.93. The summed E-state index contributed by atoms with van der Waals surface area (Å²) in [7, 11) is 0. The van der Waals surface area contributed by atoms with Gasteiger partial charge in [0.2, 0.25) is 5.82 Å². The van der Waals surface area contributed by atoms with E-state index in [-0.39, 0.29) is 11.6 Å². The summed E-state index contributed by atoms with van der Waals surface area (Å²) in [6.07, 6.45) is 0. The van der Waals surface area contributed by atoms with E-state index >= 15 is 0 Å². The van der Waals surface area contributed by atoms with Crippen LogP contribution in [0.3, 0.4) is 0 Å². The monoisotopic (exact) mass is 315 g/mol. The van der Waals surface area contributed by atoms with Crippen LogP contribution in [-0.2, 0) is 11.3 Å². The SMILES string of the molecule is O=S([O-])Nc1nc2ccccc2nc1N(O)c1ccccc1. The smallest absolute Gasteiger partial charge is 0.202 e. The second-order valence-corrected chi connectivity index (χ2v) is 5.04. The van der Waals surface area contributed by atoms with E-state index < -0.39 is 11.3 Å². The van der Waals surface area contributed by atoms with Gasteiger partial charge in [0.05, 0.1) is 16.7 Å². The molecule has 1 unspecified atom stereocenters. The van der Waals surface area contributed by atoms with Crippen molar-refractivity contribution in [1.82, 2.24) is 9.97 Å². The first-order chi connectivity index (χ1) is 10.6. The highest BCUT2D eigenvalue weighted by Gasteiger charge is 2.16. The maximum absolute atomic E-state index is 10.9. The number of nitrogens with zero attached hydrogens (tertiary/aromatic N) is 3. The first-order valence-corrected chi connectivity index (χ1v) is 7.39. The van der Waals surface area contributed by atoms with Gasteiger partial charge in [-0.15, -0.1) is 0 Å². The van der Waals surface area contributed by atoms with Crippen LogP contribution in [0.4, 0.5) is 17.3 Å². The predicted octanol–water partition coefficient (Wildman–Crippen LogP) is 2.36. The van der Waals surface area contributed by atoms with Crippen LogP contribution in [0.2, 0.25) is 0 Å². The van der Waals surface area contributed by atoms with Crippen molar-refractivity contribution in [3.63, 3.8) is 0 Å². The van der Waals surface area contributed by atoms with E-state index in [0.717, 1.165) is 5.06 Å². The molecule has 1 heterocycles. The summed E-state index contributed by atoms with van der Waals surface area (Å²) in [5.74, 6) is -0.0625. The molecule has 0 saturated heterocycles. The van der Waals surface area contributed by atoms with Gasteiger partial charge in [-0.3, -0.25) is 14.1 Å². The first kappa shape index (κ1) is 14.4. The number of anilines is 3. The zero-order chi connectivity index (χ0) is 15.5. The van der Waals surface area contributed by atoms with E-state index in [0.29, 0.717) is 16.7 Å². The van der Waals surface area contributed by atoms with Gasteiger partial charge >= 0.3 is 0 Å². The number of aromatic nitrogens is 2. The van der Waals surface area contributed by atoms with Crippen LogP contribution in [0.15, 0.2) is 54.6 Å². The van der Waals surface area contributed by atoms with Gasteiger partial charge < -0.3 is 4.55 Å². The fourth-order valence-corrected chi connectivity index (χ4v) is 2.27. The Hall–Kier alpha value is -2.55. The molecule has 2 aromatic carbocycles. The Morgan fingerprint density at radius 3 is 2.23 bits per heavy atom. The molecule has 0 bridgehead atoms. The first-order valence-electron chi connectivity index (χ1n) is 6.32. The molecular formula is C14H11N4O3S-. The fraction of sp³-hybridized carbons (Fsp3) is 0. The lowest BCUT2D eigenvalue weighted by molar-refractivity contribution is 0.298. The Morgan fingerprint density at radius 2 is 1.59 bits per heavy atom. The van der Waals surface area contributed by atoms with E-state index in [9.17, 15) is 14.0 Å². The van der Waals surface area contributed by atoms with Gasteiger partial charge in [0, 0.05) is 11.3 Å². The van der Waals surface area contributed by atoms with Gasteiger partial charge in [0.1, 0.15) is 0 Å². The molecule has 3 rings (SSSR count). The molecule has 0 aliphatic heterocycles. The number of hydrogen-bond donors (Lipinski definition) is 2. The Morgan fingerprint density at radius 1 is 1.00 bits per heavy atom. The van der Waals surface area contributed by atoms with Crippen LogP contribution >= 0.6 is 0 Å². The number of rotatable bonds is 4. The second-order valence-electron chi connectivity index (χ2n) is 4.37. The van der Waals surface area contributed by atoms with E-state index in [1.165, 1.54) is 0 Å². The van der Waals surface area contributed by atoms with Gasteiger partial charge in [0.25, 0.3) is 0 Å². The van der Waals surface area contributed by atoms with Crippen LogP contribution in [0.5, 0.6) is 0 Å². The van der Waals surface area contributed by atoms with Gasteiger partial charge in [-0.1, -0.05) is 30.3 Å². The Labute approximate surface area is 128 Å². The summed E-state index contributed by atoms with van der Waals surface area (Å²) in [5, 5.41) is 11.1.